The molecule has 0 aromatic heterocycles. The Bertz CT molecular complexity index is 386. The first-order valence-corrected chi connectivity index (χ1v) is 4.44. The van der Waals surface area contributed by atoms with E-state index in [-0.39, 0.29) is 12.2 Å². The van der Waals surface area contributed by atoms with Crippen LogP contribution < -0.4 is 0 Å². The maximum Gasteiger partial charge on any atom is 0.330 e. The highest BCUT2D eigenvalue weighted by Gasteiger charge is 2.04. The second kappa shape index (κ2) is 5.24. The molecule has 0 heterocycles. The third-order valence-corrected chi connectivity index (χ3v) is 1.67. The molecule has 0 fully saturated rings. The van der Waals surface area contributed by atoms with Gasteiger partial charge in [0.2, 0.25) is 0 Å². The van der Waals surface area contributed by atoms with Gasteiger partial charge in [-0.3, -0.25) is 0 Å². The van der Waals surface area contributed by atoms with Gasteiger partial charge in [0, 0.05) is 11.6 Å². The van der Waals surface area contributed by atoms with Crippen molar-refractivity contribution in [3.63, 3.8) is 0 Å². The standard InChI is InChI=1S/C11H10F2O2/c1-2-15-10(14)7-6-8-4-3-5-9(12)11(8)13/h3-7H,2H2,1H3. The number of carbonyl (C=O) groups is 1. The molecule has 1 aromatic carbocycles. The van der Waals surface area contributed by atoms with Crippen molar-refractivity contribution in [2.24, 2.45) is 0 Å². The molecule has 0 aliphatic heterocycles. The summed E-state index contributed by atoms with van der Waals surface area (Å²) in [6.07, 6.45) is 2.23. The quantitative estimate of drug-likeness (QED) is 0.568. The number of hydrogen-bond donors (Lipinski definition) is 0. The lowest BCUT2D eigenvalue weighted by Crippen LogP contribution is -1.99. The molecule has 15 heavy (non-hydrogen) atoms. The van der Waals surface area contributed by atoms with Gasteiger partial charge in [-0.2, -0.15) is 0 Å². The molecular weight excluding hydrogens is 202 g/mol. The minimum Gasteiger partial charge on any atom is -0.463 e. The summed E-state index contributed by atoms with van der Waals surface area (Å²) in [7, 11) is 0. The fourth-order valence-corrected chi connectivity index (χ4v) is 0.997. The van der Waals surface area contributed by atoms with Crippen LogP contribution in [0.4, 0.5) is 8.78 Å². The predicted molar refractivity (Wildman–Crippen MR) is 52.0 cm³/mol. The van der Waals surface area contributed by atoms with Crippen LogP contribution in [0.5, 0.6) is 0 Å². The molecule has 0 saturated carbocycles. The van der Waals surface area contributed by atoms with E-state index in [4.69, 9.17) is 0 Å². The Kier molecular flexibility index (Phi) is 3.97. The lowest BCUT2D eigenvalue weighted by molar-refractivity contribution is -0.137. The van der Waals surface area contributed by atoms with E-state index < -0.39 is 17.6 Å². The molecule has 0 aliphatic rings. The van der Waals surface area contributed by atoms with E-state index in [1.807, 2.05) is 0 Å². The predicted octanol–water partition coefficient (Wildman–Crippen LogP) is 2.54. The maximum atomic E-state index is 13.1. The average molecular weight is 212 g/mol. The monoisotopic (exact) mass is 212 g/mol. The van der Waals surface area contributed by atoms with Gasteiger partial charge < -0.3 is 4.74 Å². The summed E-state index contributed by atoms with van der Waals surface area (Å²) >= 11 is 0. The number of esters is 1. The van der Waals surface area contributed by atoms with E-state index in [0.717, 1.165) is 12.1 Å². The van der Waals surface area contributed by atoms with Gasteiger partial charge in [0.15, 0.2) is 11.6 Å². The second-order valence-corrected chi connectivity index (χ2v) is 2.73. The first kappa shape index (κ1) is 11.4. The summed E-state index contributed by atoms with van der Waals surface area (Å²) in [4.78, 5) is 10.9. The Morgan fingerprint density at radius 1 is 1.47 bits per heavy atom. The summed E-state index contributed by atoms with van der Waals surface area (Å²) in [5.74, 6) is -2.50. The van der Waals surface area contributed by atoms with Crippen molar-refractivity contribution in [1.29, 1.82) is 0 Å². The molecule has 0 unspecified atom stereocenters. The third kappa shape index (κ3) is 3.16. The normalized spacial score (nSPS) is 10.6. The van der Waals surface area contributed by atoms with Crippen LogP contribution in [0.1, 0.15) is 12.5 Å². The SMILES string of the molecule is CCOC(=O)C=Cc1cccc(F)c1F. The van der Waals surface area contributed by atoms with E-state index in [2.05, 4.69) is 4.74 Å². The molecule has 4 heteroatoms. The molecule has 0 bridgehead atoms. The van der Waals surface area contributed by atoms with Crippen LogP contribution in [0.15, 0.2) is 24.3 Å². The van der Waals surface area contributed by atoms with Gasteiger partial charge in [-0.15, -0.1) is 0 Å². The second-order valence-electron chi connectivity index (χ2n) is 2.73. The molecule has 80 valence electrons. The number of halogens is 2. The summed E-state index contributed by atoms with van der Waals surface area (Å²) in [6, 6.07) is 3.74. The molecule has 0 aliphatic carbocycles. The summed E-state index contributed by atoms with van der Waals surface area (Å²) in [5, 5.41) is 0. The molecule has 0 atom stereocenters. The first-order valence-electron chi connectivity index (χ1n) is 4.44. The van der Waals surface area contributed by atoms with Crippen LogP contribution >= 0.6 is 0 Å². The highest BCUT2D eigenvalue weighted by molar-refractivity contribution is 5.87. The third-order valence-electron chi connectivity index (χ3n) is 1.67. The van der Waals surface area contributed by atoms with Crippen LogP contribution in [0.2, 0.25) is 0 Å². The van der Waals surface area contributed by atoms with Crippen LogP contribution in [-0.4, -0.2) is 12.6 Å². The van der Waals surface area contributed by atoms with Gasteiger partial charge in [0.25, 0.3) is 0 Å². The zero-order valence-electron chi connectivity index (χ0n) is 8.17. The molecule has 0 spiro atoms. The molecule has 0 saturated heterocycles. The average Bonchev–Trinajstić information content (AvgIpc) is 2.21. The number of ether oxygens (including phenoxy) is 1. The molecule has 0 amide bonds. The van der Waals surface area contributed by atoms with Gasteiger partial charge in [-0.25, -0.2) is 13.6 Å². The lowest BCUT2D eigenvalue weighted by atomic mass is 10.2. The molecular formula is C11H10F2O2. The van der Waals surface area contributed by atoms with Crippen LogP contribution in [-0.2, 0) is 9.53 Å². The highest BCUT2D eigenvalue weighted by atomic mass is 19.2. The van der Waals surface area contributed by atoms with Gasteiger partial charge in [0.1, 0.15) is 0 Å². The van der Waals surface area contributed by atoms with Crippen molar-refractivity contribution >= 4 is 12.0 Å². The van der Waals surface area contributed by atoms with Crippen molar-refractivity contribution in [2.45, 2.75) is 6.92 Å². The first-order chi connectivity index (χ1) is 7.15. The van der Waals surface area contributed by atoms with Crippen LogP contribution in [0.25, 0.3) is 6.08 Å². The van der Waals surface area contributed by atoms with Crippen molar-refractivity contribution in [3.05, 3.63) is 41.5 Å². The smallest absolute Gasteiger partial charge is 0.330 e. The Balaban J connectivity index is 2.81. The Morgan fingerprint density at radius 3 is 2.87 bits per heavy atom. The minimum absolute atomic E-state index is 0.0167. The molecule has 1 rings (SSSR count). The van der Waals surface area contributed by atoms with Gasteiger partial charge in [-0.05, 0) is 19.1 Å². The summed E-state index contributed by atoms with van der Waals surface area (Å²) < 4.78 is 30.4. The topological polar surface area (TPSA) is 26.3 Å². The van der Waals surface area contributed by atoms with Gasteiger partial charge >= 0.3 is 5.97 Å². The highest BCUT2D eigenvalue weighted by Crippen LogP contribution is 2.12. The molecule has 2 nitrogen and oxygen atoms in total. The van der Waals surface area contributed by atoms with E-state index in [1.165, 1.54) is 18.2 Å². The van der Waals surface area contributed by atoms with Gasteiger partial charge in [-0.1, -0.05) is 12.1 Å². The number of carbonyl (C=O) groups excluding carboxylic acids is 1. The number of rotatable bonds is 3. The lowest BCUT2D eigenvalue weighted by Gasteiger charge is -1.98. The minimum atomic E-state index is -0.974. The van der Waals surface area contributed by atoms with Crippen LogP contribution in [0.3, 0.4) is 0 Å². The van der Waals surface area contributed by atoms with E-state index >= 15 is 0 Å². The van der Waals surface area contributed by atoms with Gasteiger partial charge in [0.05, 0.1) is 6.61 Å². The van der Waals surface area contributed by atoms with Crippen molar-refractivity contribution in [1.82, 2.24) is 0 Å². The fraction of sp³-hybridized carbons (Fsp3) is 0.182. The number of hydrogen-bond acceptors (Lipinski definition) is 2. The Hall–Kier alpha value is -1.71. The molecule has 0 radical (unpaired) electrons. The van der Waals surface area contributed by atoms with E-state index in [9.17, 15) is 13.6 Å². The Labute approximate surface area is 86.2 Å². The van der Waals surface area contributed by atoms with E-state index in [0.29, 0.717) is 0 Å². The number of benzene rings is 1. The molecule has 0 N–H and O–H groups in total. The van der Waals surface area contributed by atoms with E-state index in [1.54, 1.807) is 6.92 Å². The van der Waals surface area contributed by atoms with Crippen molar-refractivity contribution in [2.75, 3.05) is 6.61 Å². The summed E-state index contributed by atoms with van der Waals surface area (Å²) in [6.45, 7) is 1.91. The van der Waals surface area contributed by atoms with Crippen molar-refractivity contribution < 1.29 is 18.3 Å². The van der Waals surface area contributed by atoms with Crippen molar-refractivity contribution in [3.8, 4) is 0 Å². The largest absolute Gasteiger partial charge is 0.463 e. The zero-order chi connectivity index (χ0) is 11.3. The summed E-state index contributed by atoms with van der Waals surface area (Å²) in [5.41, 5.74) is 0.0167. The Morgan fingerprint density at radius 2 is 2.20 bits per heavy atom. The maximum absolute atomic E-state index is 13.1. The fourth-order valence-electron chi connectivity index (χ4n) is 0.997. The van der Waals surface area contributed by atoms with Crippen LogP contribution in [0, 0.1) is 11.6 Å². The molecule has 1 aromatic rings. The zero-order valence-corrected chi connectivity index (χ0v) is 8.17.